The molecule has 3 aromatic rings. The number of carbonyl (C=O) groups is 1. The molecule has 0 saturated heterocycles. The molecule has 0 amide bonds. The van der Waals surface area contributed by atoms with Crippen LogP contribution in [0.4, 0.5) is 4.39 Å². The number of hydrogen-bond donors (Lipinski definition) is 2. The normalized spacial score (nSPS) is 13.9. The molecule has 2 aromatic carbocycles. The van der Waals surface area contributed by atoms with Gasteiger partial charge in [0.2, 0.25) is 5.60 Å². The van der Waals surface area contributed by atoms with Crippen LogP contribution in [-0.2, 0) is 37.1 Å². The predicted molar refractivity (Wildman–Crippen MR) is 105 cm³/mol. The Balaban J connectivity index is 2.03. The summed E-state index contributed by atoms with van der Waals surface area (Å²) in [6, 6.07) is 10.2. The first-order valence-electron chi connectivity index (χ1n) is 8.91. The lowest BCUT2D eigenvalue weighted by molar-refractivity contribution is -0.167. The number of rotatable bonds is 7. The molecule has 0 bridgehead atoms. The van der Waals surface area contributed by atoms with Crippen LogP contribution in [0.5, 0.6) is 0 Å². The molecule has 0 aliphatic rings. The Hall–Kier alpha value is -2.78. The lowest BCUT2D eigenvalue weighted by Gasteiger charge is -2.23. The number of ether oxygens (including phenoxy) is 1. The number of benzene rings is 2. The fourth-order valence-corrected chi connectivity index (χ4v) is 3.83. The zero-order valence-corrected chi connectivity index (χ0v) is 16.8. The van der Waals surface area contributed by atoms with E-state index in [1.807, 2.05) is 0 Å². The molecule has 0 unspecified atom stereocenters. The van der Waals surface area contributed by atoms with Crippen LogP contribution in [0, 0.1) is 5.82 Å². The van der Waals surface area contributed by atoms with Crippen LogP contribution >= 0.6 is 0 Å². The topological polar surface area (TPSA) is 109 Å². The predicted octanol–water partition coefficient (Wildman–Crippen LogP) is 2.24. The van der Waals surface area contributed by atoms with Crippen molar-refractivity contribution in [2.24, 2.45) is 0 Å². The summed E-state index contributed by atoms with van der Waals surface area (Å²) in [5.41, 5.74) is -0.125. The first-order chi connectivity index (χ1) is 13.6. The van der Waals surface area contributed by atoms with E-state index in [1.54, 1.807) is 25.1 Å². The Bertz CT molecular complexity index is 1140. The van der Waals surface area contributed by atoms with Crippen LogP contribution in [0.3, 0.4) is 0 Å². The standard InChI is InChI=1S/C20H21FN2O5S/c1-3-28-19(24)20(25,11-13-4-7-15(21)8-5-13)18-22-16-9-6-14(10-17(16)23-18)12-29(2,26)27/h4-10,25H,3,11-12H2,1-2H3,(H,22,23)/t20-/m1/s1. The van der Waals surface area contributed by atoms with Crippen LogP contribution in [0.2, 0.25) is 0 Å². The zero-order valence-electron chi connectivity index (χ0n) is 16.0. The Morgan fingerprint density at radius 3 is 2.48 bits per heavy atom. The summed E-state index contributed by atoms with van der Waals surface area (Å²) in [7, 11) is -3.22. The molecule has 1 aromatic heterocycles. The average molecular weight is 420 g/mol. The minimum absolute atomic E-state index is 0.0354. The van der Waals surface area contributed by atoms with E-state index in [0.717, 1.165) is 6.26 Å². The molecular formula is C20H21FN2O5S. The number of sulfone groups is 1. The second-order valence-corrected chi connectivity index (χ2v) is 9.03. The summed E-state index contributed by atoms with van der Waals surface area (Å²) in [6.07, 6.45) is 0.958. The largest absolute Gasteiger partial charge is 0.463 e. The quantitative estimate of drug-likeness (QED) is 0.568. The van der Waals surface area contributed by atoms with Crippen molar-refractivity contribution in [1.82, 2.24) is 9.97 Å². The number of nitrogens with one attached hydrogen (secondary N) is 1. The highest BCUT2D eigenvalue weighted by Gasteiger charge is 2.43. The van der Waals surface area contributed by atoms with Crippen LogP contribution in [-0.4, -0.2) is 42.3 Å². The highest BCUT2D eigenvalue weighted by Crippen LogP contribution is 2.28. The van der Waals surface area contributed by atoms with E-state index < -0.39 is 27.2 Å². The van der Waals surface area contributed by atoms with Crippen molar-refractivity contribution >= 4 is 26.8 Å². The molecule has 154 valence electrons. The van der Waals surface area contributed by atoms with E-state index in [2.05, 4.69) is 9.97 Å². The van der Waals surface area contributed by atoms with Gasteiger partial charge in [-0.25, -0.2) is 22.6 Å². The van der Waals surface area contributed by atoms with Gasteiger partial charge in [-0.2, -0.15) is 0 Å². The van der Waals surface area contributed by atoms with Crippen molar-refractivity contribution in [3.8, 4) is 0 Å². The lowest BCUT2D eigenvalue weighted by Crippen LogP contribution is -2.40. The maximum atomic E-state index is 13.2. The molecule has 29 heavy (non-hydrogen) atoms. The van der Waals surface area contributed by atoms with Crippen LogP contribution < -0.4 is 0 Å². The molecule has 0 fully saturated rings. The van der Waals surface area contributed by atoms with E-state index in [9.17, 15) is 22.7 Å². The van der Waals surface area contributed by atoms with Crippen molar-refractivity contribution in [3.63, 3.8) is 0 Å². The van der Waals surface area contributed by atoms with E-state index in [1.165, 1.54) is 24.3 Å². The molecule has 0 radical (unpaired) electrons. The lowest BCUT2D eigenvalue weighted by atomic mass is 9.93. The van der Waals surface area contributed by atoms with Gasteiger partial charge in [-0.1, -0.05) is 18.2 Å². The number of esters is 1. The number of nitrogens with zero attached hydrogens (tertiary/aromatic N) is 1. The molecule has 9 heteroatoms. The van der Waals surface area contributed by atoms with Gasteiger partial charge in [0, 0.05) is 12.7 Å². The molecule has 0 saturated carbocycles. The minimum Gasteiger partial charge on any atom is -0.463 e. The summed E-state index contributed by atoms with van der Waals surface area (Å²) < 4.78 is 41.3. The van der Waals surface area contributed by atoms with E-state index in [0.29, 0.717) is 22.2 Å². The van der Waals surface area contributed by atoms with E-state index >= 15 is 0 Å². The number of halogens is 1. The van der Waals surface area contributed by atoms with Crippen LogP contribution in [0.15, 0.2) is 42.5 Å². The van der Waals surface area contributed by atoms with Crippen molar-refractivity contribution in [3.05, 3.63) is 65.2 Å². The Morgan fingerprint density at radius 2 is 1.86 bits per heavy atom. The number of carbonyl (C=O) groups excluding carboxylic acids is 1. The highest BCUT2D eigenvalue weighted by molar-refractivity contribution is 7.89. The zero-order chi connectivity index (χ0) is 21.2. The van der Waals surface area contributed by atoms with Gasteiger partial charge in [-0.05, 0) is 42.3 Å². The molecule has 3 rings (SSSR count). The summed E-state index contributed by atoms with van der Waals surface area (Å²) in [4.78, 5) is 19.8. The summed E-state index contributed by atoms with van der Waals surface area (Å²) in [6.45, 7) is 1.68. The molecule has 0 spiro atoms. The van der Waals surface area contributed by atoms with Gasteiger partial charge in [0.25, 0.3) is 0 Å². The van der Waals surface area contributed by atoms with Crippen molar-refractivity contribution in [2.75, 3.05) is 12.9 Å². The third kappa shape index (κ3) is 4.80. The number of imidazole rings is 1. The van der Waals surface area contributed by atoms with Gasteiger partial charge in [0.15, 0.2) is 15.7 Å². The maximum absolute atomic E-state index is 13.2. The second-order valence-electron chi connectivity index (χ2n) is 6.89. The minimum atomic E-state index is -3.22. The van der Waals surface area contributed by atoms with Crippen LogP contribution in [0.1, 0.15) is 23.9 Å². The second kappa shape index (κ2) is 7.92. The number of aliphatic hydroxyl groups is 1. The molecule has 2 N–H and O–H groups in total. The fraction of sp³-hybridized carbons (Fsp3) is 0.300. The molecule has 7 nitrogen and oxygen atoms in total. The van der Waals surface area contributed by atoms with Gasteiger partial charge < -0.3 is 14.8 Å². The average Bonchev–Trinajstić information content (AvgIpc) is 3.06. The third-order valence-electron chi connectivity index (χ3n) is 4.35. The fourth-order valence-electron chi connectivity index (χ4n) is 3.05. The molecule has 1 heterocycles. The van der Waals surface area contributed by atoms with E-state index in [4.69, 9.17) is 4.74 Å². The Kier molecular flexibility index (Phi) is 5.72. The van der Waals surface area contributed by atoms with Gasteiger partial charge in [0.1, 0.15) is 5.82 Å². The first kappa shape index (κ1) is 20.9. The van der Waals surface area contributed by atoms with Crippen LogP contribution in [0.25, 0.3) is 11.0 Å². The number of aromatic amines is 1. The van der Waals surface area contributed by atoms with Gasteiger partial charge >= 0.3 is 5.97 Å². The summed E-state index contributed by atoms with van der Waals surface area (Å²) in [5, 5.41) is 11.2. The van der Waals surface area contributed by atoms with Crippen molar-refractivity contribution in [2.45, 2.75) is 24.7 Å². The van der Waals surface area contributed by atoms with Crippen molar-refractivity contribution in [1.29, 1.82) is 0 Å². The summed E-state index contributed by atoms with van der Waals surface area (Å²) in [5.74, 6) is -1.50. The Labute approximate surface area is 167 Å². The van der Waals surface area contributed by atoms with Gasteiger partial charge in [-0.15, -0.1) is 0 Å². The molecule has 1 atom stereocenters. The van der Waals surface area contributed by atoms with Gasteiger partial charge in [-0.3, -0.25) is 0 Å². The van der Waals surface area contributed by atoms with E-state index in [-0.39, 0.29) is 24.6 Å². The smallest absolute Gasteiger partial charge is 0.346 e. The van der Waals surface area contributed by atoms with Gasteiger partial charge in [0.05, 0.1) is 23.4 Å². The Morgan fingerprint density at radius 1 is 1.21 bits per heavy atom. The SMILES string of the molecule is CCOC(=O)[C@@](O)(Cc1ccc(F)cc1)c1nc2ccc(CS(C)(=O)=O)cc2[nH]1. The molecule has 0 aliphatic heterocycles. The van der Waals surface area contributed by atoms with Crippen molar-refractivity contribution < 1.29 is 27.4 Å². The number of hydrogen-bond acceptors (Lipinski definition) is 6. The first-order valence-corrected chi connectivity index (χ1v) is 11.0. The number of H-pyrrole nitrogens is 1. The number of aromatic nitrogens is 2. The third-order valence-corrected chi connectivity index (χ3v) is 5.21. The monoisotopic (exact) mass is 420 g/mol. The highest BCUT2D eigenvalue weighted by atomic mass is 32.2. The summed E-state index contributed by atoms with van der Waals surface area (Å²) >= 11 is 0. The molecule has 0 aliphatic carbocycles. The maximum Gasteiger partial charge on any atom is 0.346 e. The number of fused-ring (bicyclic) bond motifs is 1. The molecular weight excluding hydrogens is 399 g/mol.